The Balaban J connectivity index is 1.29. The fourth-order valence-corrected chi connectivity index (χ4v) is 10.0. The summed E-state index contributed by atoms with van der Waals surface area (Å²) in [7, 11) is -3.22. The van der Waals surface area contributed by atoms with Crippen LogP contribution in [-0.4, -0.2) is 72.1 Å². The molecule has 2 aliphatic carbocycles. The molecule has 2 amide bonds. The van der Waals surface area contributed by atoms with Gasteiger partial charge >= 0.3 is 6.09 Å². The van der Waals surface area contributed by atoms with Crippen LogP contribution in [-0.2, 0) is 32.5 Å². The minimum atomic E-state index is -4.36. The summed E-state index contributed by atoms with van der Waals surface area (Å²) in [5, 5.41) is 21.1. The second-order valence-electron chi connectivity index (χ2n) is 13.3. The van der Waals surface area contributed by atoms with Gasteiger partial charge in [0.15, 0.2) is 0 Å². The molecule has 276 valence electrons. The molecule has 3 atom stereocenters. The molecule has 0 radical (unpaired) electrons. The molecule has 1 heterocycles. The van der Waals surface area contributed by atoms with Crippen LogP contribution in [0.25, 0.3) is 0 Å². The number of thiophene rings is 1. The molecule has 1 fully saturated rings. The van der Waals surface area contributed by atoms with E-state index in [2.05, 4.69) is 0 Å². The van der Waals surface area contributed by atoms with Gasteiger partial charge in [0, 0.05) is 35.1 Å². The minimum Gasteiger partial charge on any atom is -0.452 e. The van der Waals surface area contributed by atoms with E-state index in [0.717, 1.165) is 44.3 Å². The lowest BCUT2D eigenvalue weighted by Gasteiger charge is -2.39. The number of nitrogens with two attached hydrogens (primary N) is 1. The number of aliphatic hydroxyl groups is 2. The lowest BCUT2D eigenvalue weighted by molar-refractivity contribution is -0.131. The van der Waals surface area contributed by atoms with E-state index in [1.54, 1.807) is 18.2 Å². The van der Waals surface area contributed by atoms with Crippen LogP contribution in [0.4, 0.5) is 13.6 Å². The van der Waals surface area contributed by atoms with Crippen LogP contribution in [0.5, 0.6) is 0 Å². The first-order valence-corrected chi connectivity index (χ1v) is 19.2. The first-order chi connectivity index (χ1) is 24.8. The summed E-state index contributed by atoms with van der Waals surface area (Å²) in [5.41, 5.74) is 9.52. The third kappa shape index (κ3) is 7.82. The number of amides is 2. The second-order valence-corrected chi connectivity index (χ2v) is 16.4. The number of sulfonamides is 1. The number of carbonyl (C=O) groups is 2. The van der Waals surface area contributed by atoms with Gasteiger partial charge in [0.1, 0.15) is 0 Å². The van der Waals surface area contributed by atoms with Gasteiger partial charge in [-0.15, -0.1) is 11.3 Å². The SMILES string of the molecule is COC(=O)N(Cc1ccc([C@@H](CO)N(CC2CC(F)(F)C2)S(=O)(=O)c2ccc3c(c2)C(O)CC3)s1)C(=O)[C@@H](N)C(c1ccccc1)c1ccccc1. The molecule has 6 rings (SSSR count). The summed E-state index contributed by atoms with van der Waals surface area (Å²) in [4.78, 5) is 28.8. The second kappa shape index (κ2) is 15.5. The van der Waals surface area contributed by atoms with E-state index in [0.29, 0.717) is 28.2 Å². The molecule has 0 saturated heterocycles. The Hall–Kier alpha value is -4.05. The predicted molar refractivity (Wildman–Crippen MR) is 191 cm³/mol. The Morgan fingerprint density at radius 2 is 1.63 bits per heavy atom. The number of hydrogen-bond donors (Lipinski definition) is 3. The number of halogens is 2. The van der Waals surface area contributed by atoms with Crippen molar-refractivity contribution in [3.05, 3.63) is 123 Å². The van der Waals surface area contributed by atoms with Gasteiger partial charge in [-0.25, -0.2) is 26.9 Å². The molecule has 1 aromatic heterocycles. The summed E-state index contributed by atoms with van der Waals surface area (Å²) in [6.07, 6.45) is -1.67. The van der Waals surface area contributed by atoms with Crippen LogP contribution < -0.4 is 5.73 Å². The largest absolute Gasteiger partial charge is 0.452 e. The van der Waals surface area contributed by atoms with E-state index in [9.17, 15) is 37.0 Å². The molecular weight excluding hydrogens is 713 g/mol. The molecular formula is C38H41F2N3O7S2. The maximum absolute atomic E-state index is 14.2. The Kier molecular flexibility index (Phi) is 11.2. The minimum absolute atomic E-state index is 0.114. The number of imide groups is 1. The smallest absolute Gasteiger partial charge is 0.416 e. The van der Waals surface area contributed by atoms with E-state index in [1.807, 2.05) is 60.7 Å². The van der Waals surface area contributed by atoms with Gasteiger partial charge in [0.2, 0.25) is 21.9 Å². The molecule has 14 heteroatoms. The summed E-state index contributed by atoms with van der Waals surface area (Å²) in [6.45, 7) is -1.20. The number of methoxy groups -OCH3 is 1. The monoisotopic (exact) mass is 753 g/mol. The zero-order chi connectivity index (χ0) is 37.2. The lowest BCUT2D eigenvalue weighted by Crippen LogP contribution is -2.49. The number of hydrogen-bond acceptors (Lipinski definition) is 9. The summed E-state index contributed by atoms with van der Waals surface area (Å²) < 4.78 is 62.4. The highest BCUT2D eigenvalue weighted by molar-refractivity contribution is 7.89. The Bertz CT molecular complexity index is 1950. The van der Waals surface area contributed by atoms with E-state index in [-0.39, 0.29) is 18.0 Å². The van der Waals surface area contributed by atoms with Crippen LogP contribution in [0.2, 0.25) is 0 Å². The molecule has 3 aromatic carbocycles. The average Bonchev–Trinajstić information content (AvgIpc) is 3.76. The van der Waals surface area contributed by atoms with E-state index in [1.165, 1.54) is 12.1 Å². The molecule has 4 aromatic rings. The quantitative estimate of drug-likeness (QED) is 0.156. The lowest BCUT2D eigenvalue weighted by atomic mass is 9.81. The van der Waals surface area contributed by atoms with Crippen molar-refractivity contribution in [2.45, 2.75) is 67.2 Å². The van der Waals surface area contributed by atoms with Gasteiger partial charge in [0.05, 0.1) is 43.3 Å². The van der Waals surface area contributed by atoms with Crippen molar-refractivity contribution < 1.29 is 41.7 Å². The maximum Gasteiger partial charge on any atom is 0.416 e. The van der Waals surface area contributed by atoms with Gasteiger partial charge in [0.25, 0.3) is 0 Å². The zero-order valence-electron chi connectivity index (χ0n) is 28.5. The number of alkyl halides is 2. The average molecular weight is 754 g/mol. The van der Waals surface area contributed by atoms with Crippen LogP contribution in [0.1, 0.15) is 69.3 Å². The van der Waals surface area contributed by atoms with Crippen molar-refractivity contribution in [2.24, 2.45) is 11.7 Å². The van der Waals surface area contributed by atoms with Crippen LogP contribution >= 0.6 is 11.3 Å². The van der Waals surface area contributed by atoms with Crippen molar-refractivity contribution in [1.82, 2.24) is 9.21 Å². The molecule has 4 N–H and O–H groups in total. The molecule has 0 bridgehead atoms. The van der Waals surface area contributed by atoms with E-state index >= 15 is 0 Å². The third-order valence-electron chi connectivity index (χ3n) is 9.85. The number of carbonyl (C=O) groups excluding carboxylic acids is 2. The number of aryl methyl sites for hydroxylation is 1. The zero-order valence-corrected chi connectivity index (χ0v) is 30.1. The summed E-state index contributed by atoms with van der Waals surface area (Å²) in [5.74, 6) is -4.84. The number of nitrogens with zero attached hydrogens (tertiary/aromatic N) is 2. The highest BCUT2D eigenvalue weighted by atomic mass is 32.2. The maximum atomic E-state index is 14.2. The van der Waals surface area contributed by atoms with Gasteiger partial charge in [-0.3, -0.25) is 4.79 Å². The molecule has 52 heavy (non-hydrogen) atoms. The van der Waals surface area contributed by atoms with Crippen LogP contribution in [0, 0.1) is 5.92 Å². The van der Waals surface area contributed by atoms with E-state index in [4.69, 9.17) is 10.5 Å². The molecule has 2 aliphatic rings. The number of aliphatic hydroxyl groups excluding tert-OH is 2. The standard InChI is InChI=1S/C38H41F2N3O7S2/c1-50-37(47)42(36(46)35(41)34(26-8-4-2-5-9-26)27-10-6-3-7-11-27)22-28-14-17-33(51-28)31(23-44)43(21-24-19-38(39,40)20-24)52(48,49)29-15-12-25-13-16-32(45)30(25)18-29/h2-12,14-15,17-18,24,31-32,34-35,44-45H,13,16,19-23,41H2,1H3/t31-,32?,35+/m1/s1. The number of fused-ring (bicyclic) bond motifs is 1. The molecule has 1 saturated carbocycles. The third-order valence-corrected chi connectivity index (χ3v) is 12.9. The number of ether oxygens (including phenoxy) is 1. The first kappa shape index (κ1) is 37.7. The van der Waals surface area contributed by atoms with Crippen molar-refractivity contribution in [2.75, 3.05) is 20.3 Å². The van der Waals surface area contributed by atoms with Gasteiger partial charge in [-0.05, 0) is 65.3 Å². The van der Waals surface area contributed by atoms with Crippen molar-refractivity contribution in [3.8, 4) is 0 Å². The van der Waals surface area contributed by atoms with Crippen molar-refractivity contribution in [1.29, 1.82) is 0 Å². The Morgan fingerprint density at radius 3 is 2.21 bits per heavy atom. The predicted octanol–water partition coefficient (Wildman–Crippen LogP) is 5.75. The first-order valence-electron chi connectivity index (χ1n) is 17.0. The normalized spacial score (nSPS) is 18.1. The Labute approximate surface area is 305 Å². The summed E-state index contributed by atoms with van der Waals surface area (Å²) in [6, 6.07) is 23.8. The fourth-order valence-electron chi connectivity index (χ4n) is 7.15. The van der Waals surface area contributed by atoms with Crippen LogP contribution in [0.15, 0.2) is 95.9 Å². The number of rotatable bonds is 13. The molecule has 0 spiro atoms. The number of benzene rings is 3. The molecule has 0 aliphatic heterocycles. The van der Waals surface area contributed by atoms with Crippen molar-refractivity contribution >= 4 is 33.4 Å². The molecule has 1 unspecified atom stereocenters. The highest BCUT2D eigenvalue weighted by Gasteiger charge is 2.48. The van der Waals surface area contributed by atoms with Gasteiger partial charge in [-0.1, -0.05) is 66.7 Å². The van der Waals surface area contributed by atoms with Crippen LogP contribution in [0.3, 0.4) is 0 Å². The van der Waals surface area contributed by atoms with Gasteiger partial charge in [-0.2, -0.15) is 4.31 Å². The van der Waals surface area contributed by atoms with E-state index < -0.39 is 77.4 Å². The fraction of sp³-hybridized carbons (Fsp3) is 0.368. The highest BCUT2D eigenvalue weighted by Crippen LogP contribution is 2.45. The Morgan fingerprint density at radius 1 is 1.00 bits per heavy atom. The summed E-state index contributed by atoms with van der Waals surface area (Å²) >= 11 is 1.07. The van der Waals surface area contributed by atoms with Crippen molar-refractivity contribution in [3.63, 3.8) is 0 Å². The van der Waals surface area contributed by atoms with Gasteiger partial charge < -0.3 is 20.7 Å². The topological polar surface area (TPSA) is 150 Å². The molecule has 10 nitrogen and oxygen atoms in total.